The average Bonchev–Trinajstić information content (AvgIpc) is 2.85. The Balaban J connectivity index is 1.66. The summed E-state index contributed by atoms with van der Waals surface area (Å²) in [4.78, 5) is 31.8. The van der Waals surface area contributed by atoms with Crippen molar-refractivity contribution in [1.82, 2.24) is 9.80 Å². The van der Waals surface area contributed by atoms with Gasteiger partial charge in [0.1, 0.15) is 0 Å². The quantitative estimate of drug-likeness (QED) is 0.645. The van der Waals surface area contributed by atoms with Crippen LogP contribution in [0.25, 0.3) is 0 Å². The number of carbonyl (C=O) groups is 2. The second kappa shape index (κ2) is 9.32. The molecule has 180 valence electrons. The van der Waals surface area contributed by atoms with Crippen molar-refractivity contribution >= 4 is 11.8 Å². The van der Waals surface area contributed by atoms with E-state index in [0.717, 1.165) is 54.7 Å². The number of hydrogen-bond donors (Lipinski definition) is 0. The Morgan fingerprint density at radius 3 is 2.47 bits per heavy atom. The van der Waals surface area contributed by atoms with Gasteiger partial charge < -0.3 is 19.3 Å². The highest BCUT2D eigenvalue weighted by Crippen LogP contribution is 2.49. The highest BCUT2D eigenvalue weighted by molar-refractivity contribution is 6.01. The van der Waals surface area contributed by atoms with Crippen molar-refractivity contribution in [1.29, 1.82) is 0 Å². The third-order valence-corrected chi connectivity index (χ3v) is 7.54. The third kappa shape index (κ3) is 3.73. The highest BCUT2D eigenvalue weighted by Gasteiger charge is 2.48. The Morgan fingerprint density at radius 1 is 1.00 bits per heavy atom. The van der Waals surface area contributed by atoms with Crippen molar-refractivity contribution in [3.63, 3.8) is 0 Å². The molecule has 0 saturated carbocycles. The van der Waals surface area contributed by atoms with Gasteiger partial charge in [0, 0.05) is 24.7 Å². The minimum absolute atomic E-state index is 0.00818. The van der Waals surface area contributed by atoms with Crippen LogP contribution in [0.5, 0.6) is 11.5 Å². The number of piperidine rings is 1. The van der Waals surface area contributed by atoms with Gasteiger partial charge in [-0.3, -0.25) is 9.59 Å². The maximum absolute atomic E-state index is 14.2. The normalized spacial score (nSPS) is 23.6. The fourth-order valence-electron chi connectivity index (χ4n) is 5.94. The molecule has 1 saturated heterocycles. The van der Waals surface area contributed by atoms with Gasteiger partial charge in [-0.2, -0.15) is 0 Å². The van der Waals surface area contributed by atoms with E-state index < -0.39 is 5.92 Å². The fraction of sp³-hybridized carbons (Fsp3) is 0.500. The van der Waals surface area contributed by atoms with Crippen molar-refractivity contribution in [3.8, 4) is 11.5 Å². The molecule has 2 amide bonds. The summed E-state index contributed by atoms with van der Waals surface area (Å²) in [5.74, 6) is 1.11. The van der Waals surface area contributed by atoms with Gasteiger partial charge in [-0.25, -0.2) is 0 Å². The topological polar surface area (TPSA) is 59.1 Å². The molecule has 5 rings (SSSR count). The number of nitrogens with zero attached hydrogens (tertiary/aromatic N) is 2. The Labute approximate surface area is 201 Å². The first-order valence-corrected chi connectivity index (χ1v) is 12.7. The predicted molar refractivity (Wildman–Crippen MR) is 130 cm³/mol. The number of hydrogen-bond acceptors (Lipinski definition) is 4. The van der Waals surface area contributed by atoms with Gasteiger partial charge in [0.05, 0.1) is 25.2 Å². The van der Waals surface area contributed by atoms with Crippen LogP contribution in [-0.4, -0.2) is 54.0 Å². The van der Waals surface area contributed by atoms with Crippen LogP contribution in [0.2, 0.25) is 0 Å². The Bertz CT molecular complexity index is 1100. The Morgan fingerprint density at radius 2 is 1.74 bits per heavy atom. The van der Waals surface area contributed by atoms with Crippen molar-refractivity contribution in [2.24, 2.45) is 0 Å². The van der Waals surface area contributed by atoms with Crippen molar-refractivity contribution < 1.29 is 19.1 Å². The Hall–Kier alpha value is -3.02. The standard InChI is InChI=1S/C28H34N2O4/c1-4-33-23-16-19-13-15-30-26(22(19)17-24(23)34-5-2)25(20-11-6-7-12-21(20)27(30)31)28(32)29-14-9-8-10-18(29)3/h6-7,11-12,16-18,25-26H,4-5,8-10,13-15H2,1-3H3/t18-,25-,26+/m0/s1. The molecule has 0 unspecified atom stereocenters. The summed E-state index contributed by atoms with van der Waals surface area (Å²) in [6, 6.07) is 11.6. The third-order valence-electron chi connectivity index (χ3n) is 7.54. The second-order valence-electron chi connectivity index (χ2n) is 9.50. The lowest BCUT2D eigenvalue weighted by Crippen LogP contribution is -2.52. The number of likely N-dealkylation sites (tertiary alicyclic amines) is 1. The van der Waals surface area contributed by atoms with Crippen LogP contribution < -0.4 is 9.47 Å². The zero-order valence-electron chi connectivity index (χ0n) is 20.4. The van der Waals surface area contributed by atoms with Crippen molar-refractivity contribution in [2.75, 3.05) is 26.3 Å². The van der Waals surface area contributed by atoms with Gasteiger partial charge in [-0.1, -0.05) is 18.2 Å². The molecule has 0 spiro atoms. The van der Waals surface area contributed by atoms with E-state index in [1.165, 1.54) is 0 Å². The van der Waals surface area contributed by atoms with Crippen LogP contribution in [0.4, 0.5) is 0 Å². The zero-order valence-corrected chi connectivity index (χ0v) is 20.4. The molecular formula is C28H34N2O4. The number of rotatable bonds is 5. The van der Waals surface area contributed by atoms with E-state index in [1.807, 2.05) is 54.0 Å². The summed E-state index contributed by atoms with van der Waals surface area (Å²) in [7, 11) is 0. The zero-order chi connectivity index (χ0) is 23.8. The number of carbonyl (C=O) groups excluding carboxylic acids is 2. The van der Waals surface area contributed by atoms with E-state index >= 15 is 0 Å². The minimum atomic E-state index is -0.430. The van der Waals surface area contributed by atoms with E-state index in [1.54, 1.807) is 0 Å². The molecule has 3 atom stereocenters. The molecule has 3 aliphatic heterocycles. The van der Waals surface area contributed by atoms with E-state index in [2.05, 4.69) is 13.0 Å². The van der Waals surface area contributed by atoms with Crippen LogP contribution in [-0.2, 0) is 11.2 Å². The molecule has 2 aromatic rings. The summed E-state index contributed by atoms with van der Waals surface area (Å²) < 4.78 is 11.8. The maximum atomic E-state index is 14.2. The molecule has 0 N–H and O–H groups in total. The van der Waals surface area contributed by atoms with E-state index in [-0.39, 0.29) is 23.9 Å². The van der Waals surface area contributed by atoms with Gasteiger partial charge in [-0.15, -0.1) is 0 Å². The summed E-state index contributed by atoms with van der Waals surface area (Å²) in [5.41, 5.74) is 3.63. The smallest absolute Gasteiger partial charge is 0.254 e. The average molecular weight is 463 g/mol. The van der Waals surface area contributed by atoms with Gasteiger partial charge in [0.25, 0.3) is 5.91 Å². The van der Waals surface area contributed by atoms with Gasteiger partial charge >= 0.3 is 0 Å². The maximum Gasteiger partial charge on any atom is 0.254 e. The number of amides is 2. The number of ether oxygens (including phenoxy) is 2. The molecule has 0 bridgehead atoms. The van der Waals surface area contributed by atoms with E-state index in [9.17, 15) is 9.59 Å². The van der Waals surface area contributed by atoms with Gasteiger partial charge in [0.15, 0.2) is 11.5 Å². The SMILES string of the molecule is CCOc1cc2c(cc1OCC)[C@@H]1[C@@H](C(=O)N3CCCC[C@@H]3C)c3ccccc3C(=O)N1CC2. The summed E-state index contributed by atoms with van der Waals surface area (Å²) in [6.07, 6.45) is 3.94. The molecule has 3 aliphatic rings. The first kappa shape index (κ1) is 22.8. The lowest BCUT2D eigenvalue weighted by Gasteiger charge is -2.47. The van der Waals surface area contributed by atoms with Gasteiger partial charge in [-0.05, 0) is 81.3 Å². The van der Waals surface area contributed by atoms with E-state index in [0.29, 0.717) is 31.1 Å². The van der Waals surface area contributed by atoms with Crippen LogP contribution in [0, 0.1) is 0 Å². The fourth-order valence-corrected chi connectivity index (χ4v) is 5.94. The minimum Gasteiger partial charge on any atom is -0.490 e. The summed E-state index contributed by atoms with van der Waals surface area (Å²) >= 11 is 0. The molecule has 34 heavy (non-hydrogen) atoms. The molecule has 2 aromatic carbocycles. The molecule has 0 radical (unpaired) electrons. The Kier molecular flexibility index (Phi) is 6.24. The lowest BCUT2D eigenvalue weighted by atomic mass is 9.75. The lowest BCUT2D eigenvalue weighted by molar-refractivity contribution is -0.138. The molecule has 0 aromatic heterocycles. The molecular weight excluding hydrogens is 428 g/mol. The summed E-state index contributed by atoms with van der Waals surface area (Å²) in [5, 5.41) is 0. The van der Waals surface area contributed by atoms with E-state index in [4.69, 9.17) is 9.47 Å². The predicted octanol–water partition coefficient (Wildman–Crippen LogP) is 4.72. The molecule has 6 nitrogen and oxygen atoms in total. The van der Waals surface area contributed by atoms with Crippen molar-refractivity contribution in [2.45, 2.75) is 64.5 Å². The largest absolute Gasteiger partial charge is 0.490 e. The first-order chi connectivity index (χ1) is 16.5. The molecule has 0 aliphatic carbocycles. The van der Waals surface area contributed by atoms with Crippen LogP contribution in [0.15, 0.2) is 36.4 Å². The monoisotopic (exact) mass is 462 g/mol. The van der Waals surface area contributed by atoms with Crippen molar-refractivity contribution in [3.05, 3.63) is 58.7 Å². The van der Waals surface area contributed by atoms with Crippen LogP contribution >= 0.6 is 0 Å². The molecule has 3 heterocycles. The van der Waals surface area contributed by atoms with Crippen LogP contribution in [0.1, 0.15) is 79.0 Å². The number of fused-ring (bicyclic) bond motifs is 4. The molecule has 1 fully saturated rings. The van der Waals surface area contributed by atoms with Gasteiger partial charge in [0.2, 0.25) is 5.91 Å². The highest BCUT2D eigenvalue weighted by atomic mass is 16.5. The summed E-state index contributed by atoms with van der Waals surface area (Å²) in [6.45, 7) is 8.49. The first-order valence-electron chi connectivity index (χ1n) is 12.7. The van der Waals surface area contributed by atoms with Crippen LogP contribution in [0.3, 0.4) is 0 Å². The molecule has 6 heteroatoms. The number of benzene rings is 2. The second-order valence-corrected chi connectivity index (χ2v) is 9.50.